The highest BCUT2D eigenvalue weighted by molar-refractivity contribution is 6.09. The first-order valence-corrected chi connectivity index (χ1v) is 7.77. The van der Waals surface area contributed by atoms with Crippen molar-refractivity contribution in [3.8, 4) is 5.75 Å². The lowest BCUT2D eigenvalue weighted by Gasteiger charge is -2.28. The van der Waals surface area contributed by atoms with Crippen LogP contribution >= 0.6 is 0 Å². The molecule has 0 saturated carbocycles. The quantitative estimate of drug-likeness (QED) is 0.741. The minimum atomic E-state index is 0.261. The zero-order valence-electron chi connectivity index (χ0n) is 12.7. The summed E-state index contributed by atoms with van der Waals surface area (Å²) in [5.74, 6) is 1.78. The van der Waals surface area contributed by atoms with Gasteiger partial charge in [0.15, 0.2) is 11.4 Å². The summed E-state index contributed by atoms with van der Waals surface area (Å²) in [6.45, 7) is 1.89. The van der Waals surface area contributed by atoms with Gasteiger partial charge in [0.1, 0.15) is 16.8 Å². The zero-order valence-corrected chi connectivity index (χ0v) is 12.7. The number of hydrogen-bond acceptors (Lipinski definition) is 7. The van der Waals surface area contributed by atoms with Crippen LogP contribution in [0.15, 0.2) is 22.6 Å². The average Bonchev–Trinajstić information content (AvgIpc) is 3.26. The number of anilines is 2. The third-order valence-electron chi connectivity index (χ3n) is 4.85. The molecule has 3 aromatic rings. The Morgan fingerprint density at radius 1 is 1.39 bits per heavy atom. The van der Waals surface area contributed by atoms with E-state index in [9.17, 15) is 0 Å². The summed E-state index contributed by atoms with van der Waals surface area (Å²) < 4.78 is 11.5. The maximum atomic E-state index is 6.08. The number of furan rings is 1. The lowest BCUT2D eigenvalue weighted by atomic mass is 10.2. The Morgan fingerprint density at radius 3 is 3.04 bits per heavy atom. The van der Waals surface area contributed by atoms with Gasteiger partial charge in [0.05, 0.1) is 12.5 Å². The minimum absolute atomic E-state index is 0.261. The van der Waals surface area contributed by atoms with Crippen molar-refractivity contribution in [2.75, 3.05) is 30.8 Å². The molecule has 23 heavy (non-hydrogen) atoms. The van der Waals surface area contributed by atoms with E-state index in [4.69, 9.17) is 14.9 Å². The standard InChI is InChI=1S/C16H17N5O2/c1-22-10-3-2-4-11-12(10)13-14(23-11)15(20-16(17)19-13)21-7-8-5-9(21)6-18-8/h2-4,8-9,18H,5-7H2,1H3,(H2,17,19,20). The number of nitrogens with zero attached hydrogens (tertiary/aromatic N) is 3. The van der Waals surface area contributed by atoms with Crippen LogP contribution in [0.1, 0.15) is 6.42 Å². The van der Waals surface area contributed by atoms with Crippen LogP contribution in [-0.2, 0) is 0 Å². The molecule has 2 unspecified atom stereocenters. The van der Waals surface area contributed by atoms with Gasteiger partial charge in [0, 0.05) is 25.2 Å². The van der Waals surface area contributed by atoms with Crippen molar-refractivity contribution in [3.05, 3.63) is 18.2 Å². The Morgan fingerprint density at radius 2 is 2.30 bits per heavy atom. The van der Waals surface area contributed by atoms with Gasteiger partial charge in [0.25, 0.3) is 0 Å². The van der Waals surface area contributed by atoms with Crippen molar-refractivity contribution in [2.24, 2.45) is 0 Å². The summed E-state index contributed by atoms with van der Waals surface area (Å²) in [5, 5.41) is 4.35. The molecular formula is C16H17N5O2. The van der Waals surface area contributed by atoms with E-state index in [1.54, 1.807) is 7.11 Å². The van der Waals surface area contributed by atoms with E-state index >= 15 is 0 Å². The number of nitrogens with two attached hydrogens (primary N) is 1. The first-order valence-electron chi connectivity index (χ1n) is 7.77. The SMILES string of the molecule is COc1cccc2oc3c(N4CC5CC4CN5)nc(N)nc3c12. The van der Waals surface area contributed by atoms with Crippen LogP contribution in [0.4, 0.5) is 11.8 Å². The molecule has 2 atom stereocenters. The number of hydrogen-bond donors (Lipinski definition) is 2. The van der Waals surface area contributed by atoms with Crippen LogP contribution in [0, 0.1) is 0 Å². The second-order valence-corrected chi connectivity index (χ2v) is 6.17. The predicted octanol–water partition coefficient (Wildman–Crippen LogP) is 1.52. The van der Waals surface area contributed by atoms with E-state index < -0.39 is 0 Å². The molecule has 2 bridgehead atoms. The number of aromatic nitrogens is 2. The number of benzene rings is 1. The first kappa shape index (κ1) is 13.0. The second-order valence-electron chi connectivity index (χ2n) is 6.17. The van der Waals surface area contributed by atoms with Gasteiger partial charge < -0.3 is 25.1 Å². The molecule has 7 nitrogen and oxygen atoms in total. The van der Waals surface area contributed by atoms with E-state index in [2.05, 4.69) is 20.2 Å². The summed E-state index contributed by atoms with van der Waals surface area (Å²) in [5.41, 5.74) is 8.13. The number of piperazine rings is 1. The highest BCUT2D eigenvalue weighted by atomic mass is 16.5. The summed E-state index contributed by atoms with van der Waals surface area (Å²) in [6, 6.07) is 6.67. The van der Waals surface area contributed by atoms with Crippen LogP contribution in [0.3, 0.4) is 0 Å². The Balaban J connectivity index is 1.80. The molecule has 1 aromatic carbocycles. The lowest BCUT2D eigenvalue weighted by Crippen LogP contribution is -2.44. The van der Waals surface area contributed by atoms with Gasteiger partial charge in [-0.05, 0) is 18.6 Å². The molecule has 0 radical (unpaired) electrons. The first-order chi connectivity index (χ1) is 11.2. The van der Waals surface area contributed by atoms with E-state index in [1.165, 1.54) is 0 Å². The molecule has 118 valence electrons. The van der Waals surface area contributed by atoms with Crippen LogP contribution < -0.4 is 20.7 Å². The molecule has 2 aliphatic heterocycles. The van der Waals surface area contributed by atoms with Crippen LogP contribution in [0.5, 0.6) is 5.75 Å². The van der Waals surface area contributed by atoms with E-state index in [1.807, 2.05) is 18.2 Å². The van der Waals surface area contributed by atoms with Gasteiger partial charge in [-0.25, -0.2) is 4.98 Å². The molecule has 2 fully saturated rings. The number of rotatable bonds is 2. The number of fused-ring (bicyclic) bond motifs is 5. The predicted molar refractivity (Wildman–Crippen MR) is 87.8 cm³/mol. The lowest BCUT2D eigenvalue weighted by molar-refractivity contribution is 0.420. The summed E-state index contributed by atoms with van der Waals surface area (Å²) in [4.78, 5) is 11.2. The molecule has 0 amide bonds. The van der Waals surface area contributed by atoms with Crippen molar-refractivity contribution in [1.29, 1.82) is 0 Å². The van der Waals surface area contributed by atoms with E-state index in [-0.39, 0.29) is 5.95 Å². The fraction of sp³-hybridized carbons (Fsp3) is 0.375. The molecule has 2 saturated heterocycles. The molecule has 2 aromatic heterocycles. The van der Waals surface area contributed by atoms with Crippen LogP contribution in [0.25, 0.3) is 22.1 Å². The largest absolute Gasteiger partial charge is 0.496 e. The Hall–Kier alpha value is -2.54. The van der Waals surface area contributed by atoms with Gasteiger partial charge in [-0.2, -0.15) is 4.98 Å². The van der Waals surface area contributed by atoms with Gasteiger partial charge in [-0.1, -0.05) is 6.07 Å². The van der Waals surface area contributed by atoms with Crippen molar-refractivity contribution < 1.29 is 9.15 Å². The fourth-order valence-electron chi connectivity index (χ4n) is 3.84. The highest BCUT2D eigenvalue weighted by Crippen LogP contribution is 2.40. The Kier molecular flexibility index (Phi) is 2.52. The normalized spacial score (nSPS) is 23.3. The van der Waals surface area contributed by atoms with Gasteiger partial charge in [-0.15, -0.1) is 0 Å². The summed E-state index contributed by atoms with van der Waals surface area (Å²) in [6.07, 6.45) is 1.13. The maximum Gasteiger partial charge on any atom is 0.222 e. The minimum Gasteiger partial charge on any atom is -0.496 e. The smallest absolute Gasteiger partial charge is 0.222 e. The van der Waals surface area contributed by atoms with Crippen molar-refractivity contribution in [3.63, 3.8) is 0 Å². The van der Waals surface area contributed by atoms with Gasteiger partial charge >= 0.3 is 0 Å². The van der Waals surface area contributed by atoms with E-state index in [0.29, 0.717) is 17.7 Å². The van der Waals surface area contributed by atoms with Gasteiger partial charge in [0.2, 0.25) is 5.95 Å². The summed E-state index contributed by atoms with van der Waals surface area (Å²) in [7, 11) is 1.64. The second kappa shape index (κ2) is 4.48. The number of methoxy groups -OCH3 is 1. The van der Waals surface area contributed by atoms with Crippen molar-refractivity contribution in [1.82, 2.24) is 15.3 Å². The van der Waals surface area contributed by atoms with E-state index in [0.717, 1.165) is 47.6 Å². The summed E-state index contributed by atoms with van der Waals surface area (Å²) >= 11 is 0. The Labute approximate surface area is 132 Å². The highest BCUT2D eigenvalue weighted by Gasteiger charge is 2.39. The van der Waals surface area contributed by atoms with Crippen molar-refractivity contribution >= 4 is 33.8 Å². The molecule has 5 rings (SSSR count). The third-order valence-corrected chi connectivity index (χ3v) is 4.85. The number of ether oxygens (including phenoxy) is 1. The zero-order chi connectivity index (χ0) is 15.6. The number of nitrogens with one attached hydrogen (secondary N) is 1. The Bertz CT molecular complexity index is 922. The monoisotopic (exact) mass is 311 g/mol. The van der Waals surface area contributed by atoms with Gasteiger partial charge in [-0.3, -0.25) is 0 Å². The average molecular weight is 311 g/mol. The molecular weight excluding hydrogens is 294 g/mol. The van der Waals surface area contributed by atoms with Crippen molar-refractivity contribution in [2.45, 2.75) is 18.5 Å². The molecule has 0 aliphatic carbocycles. The third kappa shape index (κ3) is 1.74. The molecule has 4 heterocycles. The fourth-order valence-corrected chi connectivity index (χ4v) is 3.84. The molecule has 0 spiro atoms. The molecule has 3 N–H and O–H groups in total. The topological polar surface area (TPSA) is 89.4 Å². The van der Waals surface area contributed by atoms with Crippen LogP contribution in [-0.4, -0.2) is 42.3 Å². The van der Waals surface area contributed by atoms with Crippen LogP contribution in [0.2, 0.25) is 0 Å². The maximum absolute atomic E-state index is 6.08. The molecule has 2 aliphatic rings. The number of nitrogen functional groups attached to an aromatic ring is 1. The molecule has 7 heteroatoms.